The number of hydrogen-bond donors (Lipinski definition) is 3. The number of nitrogens with one attached hydrogen (secondary N) is 2. The van der Waals surface area contributed by atoms with Crippen LogP contribution in [0.5, 0.6) is 0 Å². The summed E-state index contributed by atoms with van der Waals surface area (Å²) in [6.07, 6.45) is 2.26. The molecule has 2 rings (SSSR count). The van der Waals surface area contributed by atoms with Gasteiger partial charge in [0, 0.05) is 4.47 Å². The summed E-state index contributed by atoms with van der Waals surface area (Å²) in [5.41, 5.74) is -1.26. The van der Waals surface area contributed by atoms with Crippen LogP contribution in [-0.2, 0) is 4.79 Å². The molecule has 0 radical (unpaired) electrons. The van der Waals surface area contributed by atoms with Gasteiger partial charge in [-0.15, -0.1) is 0 Å². The van der Waals surface area contributed by atoms with Crippen molar-refractivity contribution in [1.29, 1.82) is 0 Å². The van der Waals surface area contributed by atoms with Gasteiger partial charge in [-0.2, -0.15) is 0 Å². The number of carboxylic acids is 1. The van der Waals surface area contributed by atoms with Crippen LogP contribution in [0.1, 0.15) is 25.7 Å². The van der Waals surface area contributed by atoms with Gasteiger partial charge in [0.2, 0.25) is 0 Å². The van der Waals surface area contributed by atoms with E-state index in [2.05, 4.69) is 26.6 Å². The first kappa shape index (κ1) is 14.8. The fraction of sp³-hybridized carbons (Fsp3) is 0.385. The highest BCUT2D eigenvalue weighted by atomic mass is 79.9. The number of rotatable bonds is 3. The number of benzene rings is 1. The van der Waals surface area contributed by atoms with Crippen molar-refractivity contribution in [3.63, 3.8) is 0 Å². The van der Waals surface area contributed by atoms with Crippen LogP contribution in [0.25, 0.3) is 0 Å². The Kier molecular flexibility index (Phi) is 4.27. The quantitative estimate of drug-likeness (QED) is 0.788. The molecule has 1 aliphatic carbocycles. The first-order valence-electron chi connectivity index (χ1n) is 6.21. The topological polar surface area (TPSA) is 78.4 Å². The number of amides is 2. The van der Waals surface area contributed by atoms with E-state index in [0.717, 1.165) is 12.8 Å². The van der Waals surface area contributed by atoms with E-state index >= 15 is 0 Å². The van der Waals surface area contributed by atoms with Gasteiger partial charge in [-0.3, -0.25) is 0 Å². The van der Waals surface area contributed by atoms with Gasteiger partial charge < -0.3 is 15.7 Å². The molecule has 1 aromatic rings. The van der Waals surface area contributed by atoms with Crippen molar-refractivity contribution < 1.29 is 19.1 Å². The van der Waals surface area contributed by atoms with Crippen LogP contribution in [0.4, 0.5) is 14.9 Å². The van der Waals surface area contributed by atoms with Gasteiger partial charge in [-0.1, -0.05) is 18.9 Å². The lowest BCUT2D eigenvalue weighted by Crippen LogP contribution is -2.53. The second kappa shape index (κ2) is 5.78. The van der Waals surface area contributed by atoms with Crippen LogP contribution in [-0.4, -0.2) is 22.6 Å². The van der Waals surface area contributed by atoms with Crippen LogP contribution in [0.2, 0.25) is 0 Å². The van der Waals surface area contributed by atoms with E-state index in [1.807, 2.05) is 0 Å². The van der Waals surface area contributed by atoms with Crippen LogP contribution in [0.3, 0.4) is 0 Å². The van der Waals surface area contributed by atoms with Crippen LogP contribution >= 0.6 is 15.9 Å². The Morgan fingerprint density at radius 1 is 1.30 bits per heavy atom. The van der Waals surface area contributed by atoms with Crippen molar-refractivity contribution in [3.8, 4) is 0 Å². The number of carboxylic acid groups (broad SMARTS) is 1. The maximum Gasteiger partial charge on any atom is 0.329 e. The van der Waals surface area contributed by atoms with E-state index in [-0.39, 0.29) is 5.69 Å². The lowest BCUT2D eigenvalue weighted by molar-refractivity contribution is -0.144. The molecule has 0 spiro atoms. The Labute approximate surface area is 123 Å². The van der Waals surface area contributed by atoms with E-state index in [1.165, 1.54) is 12.1 Å². The minimum absolute atomic E-state index is 0.0106. The van der Waals surface area contributed by atoms with Crippen molar-refractivity contribution in [2.45, 2.75) is 31.2 Å². The Bertz CT molecular complexity index is 524. The maximum atomic E-state index is 13.6. The summed E-state index contributed by atoms with van der Waals surface area (Å²) in [6.45, 7) is 0. The highest BCUT2D eigenvalue weighted by Gasteiger charge is 2.42. The van der Waals surface area contributed by atoms with Crippen molar-refractivity contribution in [2.24, 2.45) is 0 Å². The summed E-state index contributed by atoms with van der Waals surface area (Å²) < 4.78 is 14.0. The Morgan fingerprint density at radius 2 is 1.95 bits per heavy atom. The Balaban J connectivity index is 2.11. The second-order valence-electron chi connectivity index (χ2n) is 4.77. The molecule has 1 aliphatic rings. The minimum atomic E-state index is -1.25. The predicted molar refractivity (Wildman–Crippen MR) is 75.1 cm³/mol. The van der Waals surface area contributed by atoms with Crippen LogP contribution in [0.15, 0.2) is 22.7 Å². The third-order valence-corrected chi connectivity index (χ3v) is 4.08. The molecule has 0 aliphatic heterocycles. The first-order valence-corrected chi connectivity index (χ1v) is 7.00. The monoisotopic (exact) mass is 344 g/mol. The first-order chi connectivity index (χ1) is 9.44. The molecule has 3 N–H and O–H groups in total. The number of urea groups is 1. The molecule has 0 unspecified atom stereocenters. The largest absolute Gasteiger partial charge is 0.480 e. The van der Waals surface area contributed by atoms with Crippen molar-refractivity contribution >= 4 is 33.6 Å². The van der Waals surface area contributed by atoms with Crippen LogP contribution < -0.4 is 10.6 Å². The molecule has 1 aromatic carbocycles. The van der Waals surface area contributed by atoms with Crippen molar-refractivity contribution in [3.05, 3.63) is 28.5 Å². The normalized spacial score (nSPS) is 16.7. The zero-order chi connectivity index (χ0) is 14.8. The Hall–Kier alpha value is -1.63. The van der Waals surface area contributed by atoms with Crippen molar-refractivity contribution in [2.75, 3.05) is 5.32 Å². The summed E-state index contributed by atoms with van der Waals surface area (Å²) in [5, 5.41) is 14.1. The third kappa shape index (κ3) is 2.92. The molecular weight excluding hydrogens is 331 g/mol. The third-order valence-electron chi connectivity index (χ3n) is 3.42. The SMILES string of the molecule is O=C(Nc1c(F)cccc1Br)NC1(C(=O)O)CCCC1. The summed E-state index contributed by atoms with van der Waals surface area (Å²) >= 11 is 3.13. The summed E-state index contributed by atoms with van der Waals surface area (Å²) in [4.78, 5) is 23.2. The summed E-state index contributed by atoms with van der Waals surface area (Å²) in [6, 6.07) is 3.57. The highest BCUT2D eigenvalue weighted by molar-refractivity contribution is 9.10. The smallest absolute Gasteiger partial charge is 0.329 e. The fourth-order valence-corrected chi connectivity index (χ4v) is 2.79. The molecule has 2 amide bonds. The lowest BCUT2D eigenvalue weighted by Gasteiger charge is -2.25. The number of aliphatic carboxylic acids is 1. The van der Waals surface area contributed by atoms with Crippen LogP contribution in [0, 0.1) is 5.82 Å². The second-order valence-corrected chi connectivity index (χ2v) is 5.62. The van der Waals surface area contributed by atoms with Gasteiger partial charge in [0.25, 0.3) is 0 Å². The van der Waals surface area contributed by atoms with E-state index in [9.17, 15) is 19.1 Å². The van der Waals surface area contributed by atoms with E-state index < -0.39 is 23.4 Å². The molecule has 7 heteroatoms. The molecular formula is C13H14BrFN2O3. The standard InChI is InChI=1S/C13H14BrFN2O3/c14-8-4-3-5-9(15)10(8)16-12(20)17-13(11(18)19)6-1-2-7-13/h3-5H,1-2,6-7H2,(H,18,19)(H2,16,17,20). The van der Waals surface area contributed by atoms with Gasteiger partial charge in [0.15, 0.2) is 0 Å². The number of hydrogen-bond acceptors (Lipinski definition) is 2. The average Bonchev–Trinajstić information content (AvgIpc) is 2.84. The molecule has 108 valence electrons. The molecule has 20 heavy (non-hydrogen) atoms. The average molecular weight is 345 g/mol. The van der Waals surface area contributed by atoms with Crippen molar-refractivity contribution in [1.82, 2.24) is 5.32 Å². The molecule has 1 fully saturated rings. The van der Waals surface area contributed by atoms with Gasteiger partial charge in [0.05, 0.1) is 5.69 Å². The molecule has 0 atom stereocenters. The van der Waals surface area contributed by atoms with Gasteiger partial charge >= 0.3 is 12.0 Å². The highest BCUT2D eigenvalue weighted by Crippen LogP contribution is 2.30. The maximum absolute atomic E-state index is 13.6. The zero-order valence-electron chi connectivity index (χ0n) is 10.6. The fourth-order valence-electron chi connectivity index (χ4n) is 2.35. The zero-order valence-corrected chi connectivity index (χ0v) is 12.2. The summed E-state index contributed by atoms with van der Waals surface area (Å²) in [7, 11) is 0. The number of anilines is 1. The molecule has 5 nitrogen and oxygen atoms in total. The van der Waals surface area contributed by atoms with E-state index in [1.54, 1.807) is 6.07 Å². The lowest BCUT2D eigenvalue weighted by atomic mass is 9.98. The molecule has 0 bridgehead atoms. The number of para-hydroxylation sites is 1. The predicted octanol–water partition coefficient (Wildman–Crippen LogP) is 3.11. The minimum Gasteiger partial charge on any atom is -0.480 e. The Morgan fingerprint density at radius 3 is 2.50 bits per heavy atom. The van der Waals surface area contributed by atoms with E-state index in [0.29, 0.717) is 17.3 Å². The molecule has 0 saturated heterocycles. The van der Waals surface area contributed by atoms with Gasteiger partial charge in [-0.25, -0.2) is 14.0 Å². The molecule has 0 aromatic heterocycles. The van der Waals surface area contributed by atoms with Gasteiger partial charge in [-0.05, 0) is 40.9 Å². The number of carbonyl (C=O) groups excluding carboxylic acids is 1. The number of halogens is 2. The molecule has 1 saturated carbocycles. The summed E-state index contributed by atoms with van der Waals surface area (Å²) in [5.74, 6) is -1.65. The number of carbonyl (C=O) groups is 2. The van der Waals surface area contributed by atoms with Gasteiger partial charge in [0.1, 0.15) is 11.4 Å². The molecule has 0 heterocycles. The van der Waals surface area contributed by atoms with E-state index in [4.69, 9.17) is 0 Å².